The normalized spacial score (nSPS) is 10.2. The molecule has 1 aromatic carbocycles. The molecule has 0 radical (unpaired) electrons. The summed E-state index contributed by atoms with van der Waals surface area (Å²) in [5.41, 5.74) is 0.540. The number of amides is 1. The fraction of sp³-hybridized carbons (Fsp3) is 0.467. The maximum atomic E-state index is 11.6. The van der Waals surface area contributed by atoms with E-state index in [0.717, 1.165) is 0 Å². The molecule has 0 fully saturated rings. The van der Waals surface area contributed by atoms with Crippen molar-refractivity contribution >= 4 is 11.7 Å². The lowest BCUT2D eigenvalue weighted by Crippen LogP contribution is -2.31. The predicted octanol–water partition coefficient (Wildman–Crippen LogP) is 2.05. The molecule has 0 saturated heterocycles. The lowest BCUT2D eigenvalue weighted by atomic mass is 10.1. The number of Topliss-reactive ketones (excluding diaryl/α,β-unsaturated/α-hetero) is 1. The van der Waals surface area contributed by atoms with E-state index in [1.807, 2.05) is 13.8 Å². The van der Waals surface area contributed by atoms with Crippen LogP contribution in [0.5, 0.6) is 11.5 Å². The highest BCUT2D eigenvalue weighted by Gasteiger charge is 2.10. The van der Waals surface area contributed by atoms with Crippen LogP contribution < -0.4 is 14.8 Å². The minimum Gasteiger partial charge on any atom is -0.493 e. The van der Waals surface area contributed by atoms with E-state index in [0.29, 0.717) is 29.5 Å². The molecule has 1 N–H and O–H groups in total. The summed E-state index contributed by atoms with van der Waals surface area (Å²) in [6.07, 6.45) is 0. The second-order valence-corrected chi connectivity index (χ2v) is 4.91. The van der Waals surface area contributed by atoms with Crippen molar-refractivity contribution in [2.24, 2.45) is 5.92 Å². The molecule has 0 aliphatic rings. The minimum absolute atomic E-state index is 0.0514. The molecule has 1 amide bonds. The number of benzene rings is 1. The zero-order valence-corrected chi connectivity index (χ0v) is 12.4. The van der Waals surface area contributed by atoms with Crippen LogP contribution in [0.1, 0.15) is 31.1 Å². The maximum absolute atomic E-state index is 11.6. The van der Waals surface area contributed by atoms with Crippen molar-refractivity contribution < 1.29 is 19.1 Å². The molecule has 0 unspecified atom stereocenters. The third-order valence-electron chi connectivity index (χ3n) is 2.64. The Bertz CT molecular complexity index is 483. The molecule has 0 bridgehead atoms. The van der Waals surface area contributed by atoms with Gasteiger partial charge in [-0.25, -0.2) is 0 Å². The van der Waals surface area contributed by atoms with E-state index >= 15 is 0 Å². The van der Waals surface area contributed by atoms with E-state index in [4.69, 9.17) is 9.47 Å². The summed E-state index contributed by atoms with van der Waals surface area (Å²) in [6.45, 7) is 6.05. The van der Waals surface area contributed by atoms with Crippen LogP contribution in [0.2, 0.25) is 0 Å². The molecular formula is C15H21NO4. The van der Waals surface area contributed by atoms with Crippen molar-refractivity contribution in [3.05, 3.63) is 23.8 Å². The van der Waals surface area contributed by atoms with Gasteiger partial charge >= 0.3 is 0 Å². The van der Waals surface area contributed by atoms with Gasteiger partial charge < -0.3 is 14.8 Å². The van der Waals surface area contributed by atoms with E-state index in [9.17, 15) is 9.59 Å². The summed E-state index contributed by atoms with van der Waals surface area (Å²) in [7, 11) is 1.49. The van der Waals surface area contributed by atoms with E-state index in [1.165, 1.54) is 14.0 Å². The van der Waals surface area contributed by atoms with Crippen LogP contribution in [-0.2, 0) is 4.79 Å². The first-order chi connectivity index (χ1) is 9.43. The van der Waals surface area contributed by atoms with Gasteiger partial charge in [0.15, 0.2) is 23.9 Å². The Morgan fingerprint density at radius 3 is 2.50 bits per heavy atom. The number of carbonyl (C=O) groups excluding carboxylic acids is 2. The highest BCUT2D eigenvalue weighted by Crippen LogP contribution is 2.28. The third-order valence-corrected chi connectivity index (χ3v) is 2.64. The fourth-order valence-electron chi connectivity index (χ4n) is 1.52. The standard InChI is InChI=1S/C15H21NO4/c1-10(2)8-16-15(18)9-20-13-6-5-12(11(3)17)7-14(13)19-4/h5-7,10H,8-9H2,1-4H3,(H,16,18). The summed E-state index contributed by atoms with van der Waals surface area (Å²) in [6, 6.07) is 4.88. The second kappa shape index (κ2) is 7.53. The summed E-state index contributed by atoms with van der Waals surface area (Å²) in [5.74, 6) is 1.04. The maximum Gasteiger partial charge on any atom is 0.257 e. The number of nitrogens with one attached hydrogen (secondary N) is 1. The second-order valence-electron chi connectivity index (χ2n) is 4.91. The monoisotopic (exact) mass is 279 g/mol. The zero-order valence-electron chi connectivity index (χ0n) is 12.4. The molecule has 0 atom stereocenters. The van der Waals surface area contributed by atoms with Gasteiger partial charge in [0, 0.05) is 12.1 Å². The van der Waals surface area contributed by atoms with Gasteiger partial charge in [0.1, 0.15) is 0 Å². The highest BCUT2D eigenvalue weighted by atomic mass is 16.5. The van der Waals surface area contributed by atoms with Crippen LogP contribution in [0.15, 0.2) is 18.2 Å². The van der Waals surface area contributed by atoms with Crippen molar-refractivity contribution in [2.75, 3.05) is 20.3 Å². The van der Waals surface area contributed by atoms with Crippen molar-refractivity contribution in [2.45, 2.75) is 20.8 Å². The summed E-state index contributed by atoms with van der Waals surface area (Å²) in [5, 5.41) is 2.76. The SMILES string of the molecule is COc1cc(C(C)=O)ccc1OCC(=O)NCC(C)C. The molecule has 0 aromatic heterocycles. The van der Waals surface area contributed by atoms with Gasteiger partial charge in [-0.15, -0.1) is 0 Å². The van der Waals surface area contributed by atoms with E-state index in [1.54, 1.807) is 18.2 Å². The predicted molar refractivity (Wildman–Crippen MR) is 76.3 cm³/mol. The lowest BCUT2D eigenvalue weighted by molar-refractivity contribution is -0.123. The molecule has 0 aliphatic carbocycles. The first-order valence-electron chi connectivity index (χ1n) is 6.52. The van der Waals surface area contributed by atoms with Gasteiger partial charge in [-0.2, -0.15) is 0 Å². The van der Waals surface area contributed by atoms with Crippen LogP contribution in [0.4, 0.5) is 0 Å². The molecule has 0 heterocycles. The average molecular weight is 279 g/mol. The minimum atomic E-state index is -0.184. The Balaban J connectivity index is 2.63. The van der Waals surface area contributed by atoms with Crippen molar-refractivity contribution in [1.29, 1.82) is 0 Å². The molecule has 5 nitrogen and oxygen atoms in total. The number of methoxy groups -OCH3 is 1. The van der Waals surface area contributed by atoms with Gasteiger partial charge in [0.2, 0.25) is 0 Å². The molecule has 0 aliphatic heterocycles. The molecule has 1 rings (SSSR count). The molecule has 0 spiro atoms. The molecule has 0 saturated carbocycles. The van der Waals surface area contributed by atoms with E-state index < -0.39 is 0 Å². The Morgan fingerprint density at radius 1 is 1.25 bits per heavy atom. The Labute approximate surface area is 119 Å². The Morgan fingerprint density at radius 2 is 1.95 bits per heavy atom. The summed E-state index contributed by atoms with van der Waals surface area (Å²) in [4.78, 5) is 22.8. The molecule has 110 valence electrons. The molecule has 1 aromatic rings. The molecule has 20 heavy (non-hydrogen) atoms. The zero-order chi connectivity index (χ0) is 15.1. The smallest absolute Gasteiger partial charge is 0.257 e. The van der Waals surface area contributed by atoms with Gasteiger partial charge in [-0.3, -0.25) is 9.59 Å². The van der Waals surface area contributed by atoms with Gasteiger partial charge in [0.25, 0.3) is 5.91 Å². The van der Waals surface area contributed by atoms with Gasteiger partial charge in [-0.05, 0) is 31.0 Å². The fourth-order valence-corrected chi connectivity index (χ4v) is 1.52. The summed E-state index contributed by atoms with van der Waals surface area (Å²) >= 11 is 0. The van der Waals surface area contributed by atoms with Crippen LogP contribution in [0, 0.1) is 5.92 Å². The number of carbonyl (C=O) groups is 2. The first-order valence-corrected chi connectivity index (χ1v) is 6.52. The topological polar surface area (TPSA) is 64.6 Å². The van der Waals surface area contributed by atoms with Gasteiger partial charge in [0.05, 0.1) is 7.11 Å². The average Bonchev–Trinajstić information content (AvgIpc) is 2.42. The summed E-state index contributed by atoms with van der Waals surface area (Å²) < 4.78 is 10.6. The number of rotatable bonds is 7. The van der Waals surface area contributed by atoms with E-state index in [-0.39, 0.29) is 18.3 Å². The number of hydrogen-bond donors (Lipinski definition) is 1. The van der Waals surface area contributed by atoms with Crippen LogP contribution in [0.25, 0.3) is 0 Å². The highest BCUT2D eigenvalue weighted by molar-refractivity contribution is 5.94. The van der Waals surface area contributed by atoms with Crippen molar-refractivity contribution in [3.8, 4) is 11.5 Å². The number of ether oxygens (including phenoxy) is 2. The number of hydrogen-bond acceptors (Lipinski definition) is 4. The van der Waals surface area contributed by atoms with Crippen LogP contribution in [0.3, 0.4) is 0 Å². The van der Waals surface area contributed by atoms with Crippen molar-refractivity contribution in [3.63, 3.8) is 0 Å². The van der Waals surface area contributed by atoms with Crippen LogP contribution in [-0.4, -0.2) is 32.0 Å². The lowest BCUT2D eigenvalue weighted by Gasteiger charge is -2.12. The third kappa shape index (κ3) is 4.91. The van der Waals surface area contributed by atoms with Gasteiger partial charge in [-0.1, -0.05) is 13.8 Å². The molecule has 5 heteroatoms. The van der Waals surface area contributed by atoms with E-state index in [2.05, 4.69) is 5.32 Å². The number of ketones is 1. The molecular weight excluding hydrogens is 258 g/mol. The quantitative estimate of drug-likeness (QED) is 0.776. The Hall–Kier alpha value is -2.04. The first kappa shape index (κ1) is 16.0. The largest absolute Gasteiger partial charge is 0.493 e. The van der Waals surface area contributed by atoms with Crippen LogP contribution >= 0.6 is 0 Å². The van der Waals surface area contributed by atoms with Crippen molar-refractivity contribution in [1.82, 2.24) is 5.32 Å². The Kier molecular flexibility index (Phi) is 6.03.